The van der Waals surface area contributed by atoms with E-state index in [1.807, 2.05) is 36.1 Å². The van der Waals surface area contributed by atoms with E-state index in [0.717, 1.165) is 22.2 Å². The molecule has 4 nitrogen and oxygen atoms in total. The maximum atomic E-state index is 11.4. The summed E-state index contributed by atoms with van der Waals surface area (Å²) in [4.78, 5) is 36.9. The number of nitrogens with zero attached hydrogens (tertiary/aromatic N) is 1. The van der Waals surface area contributed by atoms with Gasteiger partial charge in [0.2, 0.25) is 11.6 Å². The molecule has 1 aliphatic heterocycles. The van der Waals surface area contributed by atoms with Gasteiger partial charge >= 0.3 is 0 Å². The molecule has 0 N–H and O–H groups in total. The van der Waals surface area contributed by atoms with Gasteiger partial charge in [0.05, 0.1) is 10.7 Å². The Labute approximate surface area is 114 Å². The number of carbonyl (C=O) groups is 3. The summed E-state index contributed by atoms with van der Waals surface area (Å²) in [5.74, 6) is -2.93. The van der Waals surface area contributed by atoms with Gasteiger partial charge in [0, 0.05) is 11.4 Å². The number of fused-ring (bicyclic) bond motifs is 1. The Morgan fingerprint density at radius 3 is 2.58 bits per heavy atom. The molecular formula is C14H11NO3S. The van der Waals surface area contributed by atoms with Gasteiger partial charge in [0.25, 0.3) is 5.78 Å². The molecule has 1 saturated carbocycles. The van der Waals surface area contributed by atoms with Gasteiger partial charge in [0.1, 0.15) is 5.92 Å². The van der Waals surface area contributed by atoms with Crippen LogP contribution < -0.4 is 4.90 Å². The molecule has 1 heterocycles. The van der Waals surface area contributed by atoms with Crippen LogP contribution in [0.3, 0.4) is 0 Å². The van der Waals surface area contributed by atoms with E-state index in [9.17, 15) is 14.4 Å². The van der Waals surface area contributed by atoms with Crippen LogP contribution in [0.1, 0.15) is 6.92 Å². The minimum absolute atomic E-state index is 0.592. The standard InChI is InChI=1S/C14H11NO3S/c1-2-15-9-5-3-4-6-10(9)19-11(15)7-8-12(16)14(18)13(8)17/h3-8H,2H2,1H3. The molecule has 1 aromatic carbocycles. The third kappa shape index (κ3) is 1.73. The number of Topliss-reactive ketones (excluding diaryl/α,β-unsaturated/α-hetero) is 3. The average Bonchev–Trinajstić information content (AvgIpc) is 2.80. The Balaban J connectivity index is 1.94. The number of hydrogen-bond acceptors (Lipinski definition) is 5. The van der Waals surface area contributed by atoms with E-state index in [1.165, 1.54) is 11.8 Å². The van der Waals surface area contributed by atoms with E-state index < -0.39 is 23.3 Å². The zero-order chi connectivity index (χ0) is 13.6. The fourth-order valence-corrected chi connectivity index (χ4v) is 3.44. The molecule has 19 heavy (non-hydrogen) atoms. The zero-order valence-corrected chi connectivity index (χ0v) is 11.1. The number of hydrogen-bond donors (Lipinski definition) is 0. The Morgan fingerprint density at radius 1 is 1.21 bits per heavy atom. The molecule has 96 valence electrons. The number of thioether (sulfide) groups is 1. The van der Waals surface area contributed by atoms with Gasteiger partial charge in [0.15, 0.2) is 0 Å². The van der Waals surface area contributed by atoms with Crippen molar-refractivity contribution in [1.82, 2.24) is 0 Å². The van der Waals surface area contributed by atoms with Crippen LogP contribution in [0.5, 0.6) is 0 Å². The van der Waals surface area contributed by atoms with Gasteiger partial charge in [-0.3, -0.25) is 14.4 Å². The lowest BCUT2D eigenvalue weighted by molar-refractivity contribution is -0.154. The van der Waals surface area contributed by atoms with Gasteiger partial charge in [-0.1, -0.05) is 23.9 Å². The first-order chi connectivity index (χ1) is 9.13. The van der Waals surface area contributed by atoms with Gasteiger partial charge < -0.3 is 4.90 Å². The molecule has 1 fully saturated rings. The summed E-state index contributed by atoms with van der Waals surface area (Å²) < 4.78 is 0. The highest BCUT2D eigenvalue weighted by Gasteiger charge is 2.47. The first kappa shape index (κ1) is 12.2. The molecule has 3 rings (SSSR count). The monoisotopic (exact) mass is 273 g/mol. The molecule has 0 unspecified atom stereocenters. The summed E-state index contributed by atoms with van der Waals surface area (Å²) in [7, 11) is 0. The van der Waals surface area contributed by atoms with Crippen LogP contribution in [0.4, 0.5) is 5.69 Å². The van der Waals surface area contributed by atoms with Crippen LogP contribution in [-0.4, -0.2) is 23.9 Å². The third-order valence-electron chi connectivity index (χ3n) is 3.27. The van der Waals surface area contributed by atoms with E-state index in [0.29, 0.717) is 0 Å². The first-order valence-corrected chi connectivity index (χ1v) is 6.83. The van der Waals surface area contributed by atoms with E-state index in [-0.39, 0.29) is 0 Å². The van der Waals surface area contributed by atoms with Crippen LogP contribution in [0, 0.1) is 5.92 Å². The molecule has 0 amide bonds. The fourth-order valence-electron chi connectivity index (χ4n) is 2.24. The number of benzene rings is 1. The lowest BCUT2D eigenvalue weighted by atomic mass is 9.81. The SMILES string of the molecule is CCN1C(=CC2C(=O)C(=O)C2=O)Sc2ccccc21. The minimum atomic E-state index is -0.877. The number of rotatable bonds is 2. The quantitative estimate of drug-likeness (QED) is 0.607. The first-order valence-electron chi connectivity index (χ1n) is 6.02. The van der Waals surface area contributed by atoms with Crippen molar-refractivity contribution >= 4 is 34.8 Å². The van der Waals surface area contributed by atoms with Crippen molar-refractivity contribution < 1.29 is 14.4 Å². The van der Waals surface area contributed by atoms with Crippen LogP contribution in [-0.2, 0) is 14.4 Å². The summed E-state index contributed by atoms with van der Waals surface area (Å²) in [5.41, 5.74) is 1.08. The van der Waals surface area contributed by atoms with Gasteiger partial charge in [-0.15, -0.1) is 0 Å². The van der Waals surface area contributed by atoms with Gasteiger partial charge in [-0.25, -0.2) is 0 Å². The van der Waals surface area contributed by atoms with Crippen molar-refractivity contribution in [2.75, 3.05) is 11.4 Å². The van der Waals surface area contributed by atoms with Crippen molar-refractivity contribution in [2.45, 2.75) is 11.8 Å². The van der Waals surface area contributed by atoms with Crippen LogP contribution in [0.25, 0.3) is 0 Å². The van der Waals surface area contributed by atoms with Gasteiger partial charge in [-0.05, 0) is 25.1 Å². The maximum absolute atomic E-state index is 11.4. The summed E-state index contributed by atoms with van der Waals surface area (Å²) >= 11 is 1.52. The number of carbonyl (C=O) groups excluding carboxylic acids is 3. The lowest BCUT2D eigenvalue weighted by Gasteiger charge is -2.22. The third-order valence-corrected chi connectivity index (χ3v) is 4.41. The van der Waals surface area contributed by atoms with Crippen molar-refractivity contribution in [2.24, 2.45) is 5.92 Å². The smallest absolute Gasteiger partial charge is 0.266 e. The Morgan fingerprint density at radius 2 is 1.89 bits per heavy atom. The topological polar surface area (TPSA) is 54.5 Å². The summed E-state index contributed by atoms with van der Waals surface area (Å²) in [5, 5.41) is 0.850. The Kier molecular flexibility index (Phi) is 2.78. The van der Waals surface area contributed by atoms with E-state index in [2.05, 4.69) is 0 Å². The number of para-hydroxylation sites is 1. The van der Waals surface area contributed by atoms with Crippen molar-refractivity contribution in [1.29, 1.82) is 0 Å². The predicted molar refractivity (Wildman–Crippen MR) is 71.9 cm³/mol. The summed E-state index contributed by atoms with van der Waals surface area (Å²) in [6.45, 7) is 2.75. The molecule has 5 heteroatoms. The van der Waals surface area contributed by atoms with Gasteiger partial charge in [-0.2, -0.15) is 0 Å². The fraction of sp³-hybridized carbons (Fsp3) is 0.214. The zero-order valence-electron chi connectivity index (χ0n) is 10.3. The summed E-state index contributed by atoms with van der Waals surface area (Å²) in [6, 6.07) is 7.90. The number of anilines is 1. The largest absolute Gasteiger partial charge is 0.336 e. The minimum Gasteiger partial charge on any atom is -0.336 e. The van der Waals surface area contributed by atoms with Crippen molar-refractivity contribution in [3.63, 3.8) is 0 Å². The highest BCUT2D eigenvalue weighted by atomic mass is 32.2. The molecule has 0 aromatic heterocycles. The van der Waals surface area contributed by atoms with E-state index in [4.69, 9.17) is 0 Å². The van der Waals surface area contributed by atoms with E-state index in [1.54, 1.807) is 6.08 Å². The molecule has 0 atom stereocenters. The molecule has 0 spiro atoms. The maximum Gasteiger partial charge on any atom is 0.266 e. The molecule has 1 aromatic rings. The number of allylic oxidation sites excluding steroid dienone is 1. The Hall–Kier alpha value is -1.88. The summed E-state index contributed by atoms with van der Waals surface area (Å²) in [6.07, 6.45) is 1.61. The Bertz CT molecular complexity index is 617. The predicted octanol–water partition coefficient (Wildman–Crippen LogP) is 1.80. The van der Waals surface area contributed by atoms with Crippen LogP contribution >= 0.6 is 11.8 Å². The second kappa shape index (κ2) is 4.35. The average molecular weight is 273 g/mol. The lowest BCUT2D eigenvalue weighted by Crippen LogP contribution is -2.48. The molecule has 0 radical (unpaired) electrons. The molecule has 0 saturated heterocycles. The van der Waals surface area contributed by atoms with Crippen molar-refractivity contribution in [3.05, 3.63) is 35.4 Å². The number of ketones is 3. The van der Waals surface area contributed by atoms with Crippen molar-refractivity contribution in [3.8, 4) is 0 Å². The van der Waals surface area contributed by atoms with Crippen LogP contribution in [0.2, 0.25) is 0 Å². The normalized spacial score (nSPS) is 21.0. The molecule has 1 aliphatic carbocycles. The molecule has 2 aliphatic rings. The highest BCUT2D eigenvalue weighted by Crippen LogP contribution is 2.46. The molecule has 0 bridgehead atoms. The molecular weight excluding hydrogens is 262 g/mol. The van der Waals surface area contributed by atoms with E-state index >= 15 is 0 Å². The highest BCUT2D eigenvalue weighted by molar-refractivity contribution is 8.03. The second-order valence-electron chi connectivity index (χ2n) is 4.35. The second-order valence-corrected chi connectivity index (χ2v) is 5.42. The van der Waals surface area contributed by atoms with Crippen LogP contribution in [0.15, 0.2) is 40.3 Å².